The number of hydrogen-bond acceptors (Lipinski definition) is 3. The summed E-state index contributed by atoms with van der Waals surface area (Å²) in [5.41, 5.74) is 0.108. The van der Waals surface area contributed by atoms with Crippen molar-refractivity contribution in [1.29, 1.82) is 0 Å². The summed E-state index contributed by atoms with van der Waals surface area (Å²) < 4.78 is 7.06. The predicted octanol–water partition coefficient (Wildman–Crippen LogP) is 2.47. The van der Waals surface area contributed by atoms with E-state index in [0.717, 1.165) is 19.6 Å². The summed E-state index contributed by atoms with van der Waals surface area (Å²) >= 11 is 0. The molecule has 1 saturated heterocycles. The Bertz CT molecular complexity index is 224. The summed E-state index contributed by atoms with van der Waals surface area (Å²) in [4.78, 5) is 0. The van der Waals surface area contributed by atoms with Crippen LogP contribution in [0.5, 0.6) is 0 Å². The van der Waals surface area contributed by atoms with Gasteiger partial charge in [0.05, 0.1) is 19.4 Å². The smallest absolute Gasteiger partial charge is 0.111 e. The van der Waals surface area contributed by atoms with Crippen LogP contribution in [-0.4, -0.2) is 28.2 Å². The lowest BCUT2D eigenvalue weighted by molar-refractivity contribution is -0.110. The monoisotopic (exact) mass is 213 g/mol. The van der Waals surface area contributed by atoms with Crippen molar-refractivity contribution >= 4 is 0 Å². The highest BCUT2D eigenvalue weighted by Gasteiger charge is 2.39. The third-order valence-electron chi connectivity index (χ3n) is 2.31. The first-order valence-corrected chi connectivity index (χ1v) is 5.82. The molecule has 1 aromatic heterocycles. The molecule has 0 aromatic carbocycles. The highest BCUT2D eigenvalue weighted by atomic mass is 16.5. The van der Waals surface area contributed by atoms with E-state index in [1.54, 1.807) is 6.20 Å². The molecule has 0 amide bonds. The number of rotatable bonds is 2. The van der Waals surface area contributed by atoms with Crippen LogP contribution in [0.3, 0.4) is 0 Å². The molecule has 2 heterocycles. The summed E-state index contributed by atoms with van der Waals surface area (Å²) in [6.07, 6.45) is 4.65. The maximum Gasteiger partial charge on any atom is 0.111 e. The summed E-state index contributed by atoms with van der Waals surface area (Å²) in [5.74, 6) is 0. The van der Waals surface area contributed by atoms with Crippen LogP contribution in [-0.2, 0) is 10.3 Å². The van der Waals surface area contributed by atoms with Gasteiger partial charge in [-0.25, -0.2) is 4.68 Å². The zero-order chi connectivity index (χ0) is 11.7. The SMILES string of the molecule is CC.CC.CCC1(n2ccnn2)COC1. The Hall–Kier alpha value is -0.900. The Labute approximate surface area is 92.6 Å². The molecular formula is C11H23N3O. The van der Waals surface area contributed by atoms with Gasteiger partial charge >= 0.3 is 0 Å². The molecule has 0 atom stereocenters. The molecule has 1 aliphatic heterocycles. The Kier molecular flexibility index (Phi) is 6.96. The second-order valence-electron chi connectivity index (χ2n) is 2.92. The van der Waals surface area contributed by atoms with E-state index in [4.69, 9.17) is 4.74 Å². The van der Waals surface area contributed by atoms with Crippen LogP contribution in [0.1, 0.15) is 41.0 Å². The maximum absolute atomic E-state index is 5.16. The molecule has 2 rings (SSSR count). The molecule has 88 valence electrons. The van der Waals surface area contributed by atoms with Crippen LogP contribution in [0.2, 0.25) is 0 Å². The molecule has 0 aliphatic carbocycles. The highest BCUT2D eigenvalue weighted by molar-refractivity contribution is 4.91. The third-order valence-corrected chi connectivity index (χ3v) is 2.31. The quantitative estimate of drug-likeness (QED) is 0.757. The van der Waals surface area contributed by atoms with Crippen molar-refractivity contribution in [2.24, 2.45) is 0 Å². The normalized spacial score (nSPS) is 16.3. The number of nitrogens with zero attached hydrogens (tertiary/aromatic N) is 3. The van der Waals surface area contributed by atoms with E-state index in [9.17, 15) is 0 Å². The Morgan fingerprint density at radius 2 is 1.87 bits per heavy atom. The number of hydrogen-bond donors (Lipinski definition) is 0. The van der Waals surface area contributed by atoms with Crippen LogP contribution >= 0.6 is 0 Å². The number of aromatic nitrogens is 3. The average Bonchev–Trinajstić information content (AvgIpc) is 2.77. The fourth-order valence-electron chi connectivity index (χ4n) is 1.30. The second kappa shape index (κ2) is 7.40. The third kappa shape index (κ3) is 3.02. The molecule has 1 aromatic rings. The van der Waals surface area contributed by atoms with E-state index in [1.165, 1.54) is 0 Å². The fraction of sp³-hybridized carbons (Fsp3) is 0.818. The average molecular weight is 213 g/mol. The summed E-state index contributed by atoms with van der Waals surface area (Å²) in [7, 11) is 0. The molecule has 1 aliphatic rings. The van der Waals surface area contributed by atoms with E-state index >= 15 is 0 Å². The van der Waals surface area contributed by atoms with Crippen molar-refractivity contribution in [1.82, 2.24) is 15.0 Å². The first-order valence-electron chi connectivity index (χ1n) is 5.82. The molecule has 0 radical (unpaired) electrons. The van der Waals surface area contributed by atoms with E-state index in [1.807, 2.05) is 38.6 Å². The van der Waals surface area contributed by atoms with Crippen LogP contribution in [0.15, 0.2) is 12.4 Å². The summed E-state index contributed by atoms with van der Waals surface area (Å²) in [6.45, 7) is 11.7. The zero-order valence-electron chi connectivity index (χ0n) is 10.5. The fourth-order valence-corrected chi connectivity index (χ4v) is 1.30. The molecule has 15 heavy (non-hydrogen) atoms. The van der Waals surface area contributed by atoms with Crippen molar-refractivity contribution in [3.63, 3.8) is 0 Å². The van der Waals surface area contributed by atoms with Crippen LogP contribution < -0.4 is 0 Å². The van der Waals surface area contributed by atoms with E-state index in [2.05, 4.69) is 17.2 Å². The molecular weight excluding hydrogens is 190 g/mol. The van der Waals surface area contributed by atoms with Gasteiger partial charge in [0.15, 0.2) is 0 Å². The minimum atomic E-state index is 0.108. The van der Waals surface area contributed by atoms with E-state index in [0.29, 0.717) is 0 Å². The maximum atomic E-state index is 5.16. The first-order chi connectivity index (χ1) is 7.37. The summed E-state index contributed by atoms with van der Waals surface area (Å²) in [6, 6.07) is 0. The molecule has 0 unspecified atom stereocenters. The first kappa shape index (κ1) is 14.1. The molecule has 1 fully saturated rings. The van der Waals surface area contributed by atoms with Gasteiger partial charge in [-0.3, -0.25) is 0 Å². The van der Waals surface area contributed by atoms with Crippen LogP contribution in [0, 0.1) is 0 Å². The van der Waals surface area contributed by atoms with Gasteiger partial charge in [0.2, 0.25) is 0 Å². The minimum absolute atomic E-state index is 0.108. The van der Waals surface area contributed by atoms with Gasteiger partial charge < -0.3 is 4.74 Å². The van der Waals surface area contributed by atoms with Crippen molar-refractivity contribution in [3.8, 4) is 0 Å². The van der Waals surface area contributed by atoms with Crippen molar-refractivity contribution < 1.29 is 4.74 Å². The second-order valence-corrected chi connectivity index (χ2v) is 2.92. The predicted molar refractivity (Wildman–Crippen MR) is 61.8 cm³/mol. The number of ether oxygens (including phenoxy) is 1. The lowest BCUT2D eigenvalue weighted by Gasteiger charge is -2.40. The van der Waals surface area contributed by atoms with Gasteiger partial charge in [-0.1, -0.05) is 39.8 Å². The van der Waals surface area contributed by atoms with E-state index < -0.39 is 0 Å². The Balaban J connectivity index is 0.000000442. The standard InChI is InChI=1S/C7H11N3O.2C2H6/c1-2-7(5-11-6-7)10-4-3-8-9-10;2*1-2/h3-4H,2,5-6H2,1H3;2*1-2H3. The van der Waals surface area contributed by atoms with Gasteiger partial charge in [0.1, 0.15) is 5.54 Å². The molecule has 0 saturated carbocycles. The molecule has 4 nitrogen and oxygen atoms in total. The lowest BCUT2D eigenvalue weighted by Crippen LogP contribution is -2.51. The molecule has 0 spiro atoms. The largest absolute Gasteiger partial charge is 0.376 e. The van der Waals surface area contributed by atoms with Crippen molar-refractivity contribution in [3.05, 3.63) is 12.4 Å². The topological polar surface area (TPSA) is 39.9 Å². The van der Waals surface area contributed by atoms with Crippen LogP contribution in [0.25, 0.3) is 0 Å². The minimum Gasteiger partial charge on any atom is -0.376 e. The Morgan fingerprint density at radius 3 is 2.13 bits per heavy atom. The van der Waals surface area contributed by atoms with Gasteiger partial charge in [0, 0.05) is 6.20 Å². The summed E-state index contributed by atoms with van der Waals surface area (Å²) in [5, 5.41) is 7.74. The van der Waals surface area contributed by atoms with Crippen LogP contribution in [0.4, 0.5) is 0 Å². The molecule has 4 heteroatoms. The van der Waals surface area contributed by atoms with Gasteiger partial charge in [-0.2, -0.15) is 0 Å². The molecule has 0 N–H and O–H groups in total. The Morgan fingerprint density at radius 1 is 1.27 bits per heavy atom. The van der Waals surface area contributed by atoms with E-state index in [-0.39, 0.29) is 5.54 Å². The zero-order valence-corrected chi connectivity index (χ0v) is 10.5. The van der Waals surface area contributed by atoms with Crippen molar-refractivity contribution in [2.45, 2.75) is 46.6 Å². The molecule has 0 bridgehead atoms. The highest BCUT2D eigenvalue weighted by Crippen LogP contribution is 2.28. The lowest BCUT2D eigenvalue weighted by atomic mass is 9.95. The van der Waals surface area contributed by atoms with Crippen molar-refractivity contribution in [2.75, 3.05) is 13.2 Å². The van der Waals surface area contributed by atoms with Gasteiger partial charge in [-0.15, -0.1) is 5.10 Å². The van der Waals surface area contributed by atoms with Gasteiger partial charge in [0.25, 0.3) is 0 Å². The van der Waals surface area contributed by atoms with Gasteiger partial charge in [-0.05, 0) is 6.42 Å².